The van der Waals surface area contributed by atoms with Gasteiger partial charge in [-0.2, -0.15) is 5.26 Å². The van der Waals surface area contributed by atoms with Crippen molar-refractivity contribution in [2.75, 3.05) is 5.32 Å². The number of amides is 1. The van der Waals surface area contributed by atoms with Crippen molar-refractivity contribution in [1.82, 2.24) is 0 Å². The molecule has 0 bridgehead atoms. The number of nitrogens with zero attached hydrogens (tertiary/aromatic N) is 1. The van der Waals surface area contributed by atoms with Crippen molar-refractivity contribution in [3.8, 4) is 6.07 Å². The molecule has 1 atom stereocenters. The number of benzene rings is 1. The molecule has 1 aliphatic rings. The van der Waals surface area contributed by atoms with E-state index in [1.807, 2.05) is 0 Å². The topological polar surface area (TPSA) is 52.9 Å². The van der Waals surface area contributed by atoms with Gasteiger partial charge >= 0.3 is 0 Å². The number of nitriles is 1. The van der Waals surface area contributed by atoms with Crippen molar-refractivity contribution in [3.05, 3.63) is 51.4 Å². The van der Waals surface area contributed by atoms with E-state index in [0.29, 0.717) is 30.2 Å². The highest BCUT2D eigenvalue weighted by molar-refractivity contribution is 7.16. The summed E-state index contributed by atoms with van der Waals surface area (Å²) in [5.41, 5.74) is 4.60. The van der Waals surface area contributed by atoms with Crippen LogP contribution in [0.15, 0.2) is 24.3 Å². The van der Waals surface area contributed by atoms with Gasteiger partial charge in [0, 0.05) is 11.3 Å². The lowest BCUT2D eigenvalue weighted by molar-refractivity contribution is -0.116. The molecule has 1 aliphatic carbocycles. The van der Waals surface area contributed by atoms with Gasteiger partial charge in [-0.1, -0.05) is 58.9 Å². The van der Waals surface area contributed by atoms with Crippen LogP contribution in [0.2, 0.25) is 0 Å². The van der Waals surface area contributed by atoms with E-state index in [2.05, 4.69) is 70.3 Å². The van der Waals surface area contributed by atoms with Crippen molar-refractivity contribution >= 4 is 22.2 Å². The zero-order chi connectivity index (χ0) is 21.2. The quantitative estimate of drug-likeness (QED) is 0.617. The summed E-state index contributed by atoms with van der Waals surface area (Å²) in [6.07, 6.45) is 4.20. The van der Waals surface area contributed by atoms with Crippen LogP contribution in [0.1, 0.15) is 80.5 Å². The normalized spacial score (nSPS) is 16.4. The van der Waals surface area contributed by atoms with E-state index in [-0.39, 0.29) is 11.3 Å². The van der Waals surface area contributed by atoms with Crippen LogP contribution in [0.4, 0.5) is 5.00 Å². The van der Waals surface area contributed by atoms with Crippen molar-refractivity contribution in [3.63, 3.8) is 0 Å². The third kappa shape index (κ3) is 5.08. The summed E-state index contributed by atoms with van der Waals surface area (Å²) >= 11 is 1.61. The second-order valence-corrected chi connectivity index (χ2v) is 10.7. The molecule has 3 nitrogen and oxygen atoms in total. The number of anilines is 1. The van der Waals surface area contributed by atoms with Crippen LogP contribution in [0, 0.1) is 22.7 Å². The van der Waals surface area contributed by atoms with Gasteiger partial charge in [0.05, 0.1) is 5.56 Å². The van der Waals surface area contributed by atoms with Gasteiger partial charge in [-0.15, -0.1) is 11.3 Å². The fraction of sp³-hybridized carbons (Fsp3) is 0.520. The molecule has 0 radical (unpaired) electrons. The van der Waals surface area contributed by atoms with E-state index in [1.165, 1.54) is 16.0 Å². The Kier molecular flexibility index (Phi) is 6.49. The van der Waals surface area contributed by atoms with Crippen LogP contribution in [0.5, 0.6) is 0 Å². The Morgan fingerprint density at radius 2 is 1.97 bits per heavy atom. The molecule has 1 aromatic carbocycles. The lowest BCUT2D eigenvalue weighted by Crippen LogP contribution is -2.26. The van der Waals surface area contributed by atoms with Crippen LogP contribution >= 0.6 is 11.3 Å². The number of hydrogen-bond donors (Lipinski definition) is 1. The number of hydrogen-bond acceptors (Lipinski definition) is 3. The average molecular weight is 409 g/mol. The minimum absolute atomic E-state index is 0.0135. The van der Waals surface area contributed by atoms with Crippen molar-refractivity contribution in [2.24, 2.45) is 11.3 Å². The van der Waals surface area contributed by atoms with E-state index in [9.17, 15) is 10.1 Å². The molecule has 1 heterocycles. The van der Waals surface area contributed by atoms with Crippen molar-refractivity contribution in [1.29, 1.82) is 5.26 Å². The Hall–Kier alpha value is -2.12. The van der Waals surface area contributed by atoms with Gasteiger partial charge in [0.1, 0.15) is 11.1 Å². The Labute approximate surface area is 179 Å². The first-order valence-electron chi connectivity index (χ1n) is 10.6. The largest absolute Gasteiger partial charge is 0.317 e. The number of thiophene rings is 1. The van der Waals surface area contributed by atoms with Crippen LogP contribution in [0.3, 0.4) is 0 Å². The summed E-state index contributed by atoms with van der Waals surface area (Å²) in [6.45, 7) is 11.2. The lowest BCUT2D eigenvalue weighted by Gasteiger charge is -2.33. The van der Waals surface area contributed by atoms with Gasteiger partial charge in [-0.25, -0.2) is 0 Å². The summed E-state index contributed by atoms with van der Waals surface area (Å²) in [6, 6.07) is 10.9. The zero-order valence-electron chi connectivity index (χ0n) is 18.3. The minimum Gasteiger partial charge on any atom is -0.317 e. The van der Waals surface area contributed by atoms with Crippen LogP contribution < -0.4 is 5.32 Å². The fourth-order valence-corrected chi connectivity index (χ4v) is 5.34. The predicted molar refractivity (Wildman–Crippen MR) is 121 cm³/mol. The Balaban J connectivity index is 1.65. The molecule has 3 rings (SSSR count). The highest BCUT2D eigenvalue weighted by atomic mass is 32.1. The maximum atomic E-state index is 12.6. The number of aryl methyl sites for hydroxylation is 1. The molecule has 1 amide bonds. The molecule has 1 aromatic heterocycles. The zero-order valence-corrected chi connectivity index (χ0v) is 19.1. The highest BCUT2D eigenvalue weighted by Gasteiger charge is 2.32. The summed E-state index contributed by atoms with van der Waals surface area (Å²) in [7, 11) is 0. The van der Waals surface area contributed by atoms with Crippen LogP contribution in [-0.2, 0) is 24.1 Å². The number of carbonyl (C=O) groups excluding carboxylic acids is 1. The van der Waals surface area contributed by atoms with Gasteiger partial charge in [-0.3, -0.25) is 4.79 Å². The molecule has 1 unspecified atom stereocenters. The molecule has 0 spiro atoms. The number of carbonyl (C=O) groups is 1. The molecule has 0 fully saturated rings. The third-order valence-corrected chi connectivity index (χ3v) is 7.31. The Morgan fingerprint density at radius 1 is 1.28 bits per heavy atom. The van der Waals surface area contributed by atoms with Crippen molar-refractivity contribution in [2.45, 2.75) is 72.6 Å². The predicted octanol–water partition coefficient (Wildman–Crippen LogP) is 6.47. The molecule has 154 valence electrons. The molecule has 0 aliphatic heterocycles. The van der Waals surface area contributed by atoms with E-state index in [4.69, 9.17) is 0 Å². The second-order valence-electron chi connectivity index (χ2n) is 9.57. The van der Waals surface area contributed by atoms with Gasteiger partial charge < -0.3 is 5.32 Å². The molecule has 4 heteroatoms. The van der Waals surface area contributed by atoms with Gasteiger partial charge in [-0.05, 0) is 59.6 Å². The Morgan fingerprint density at radius 3 is 2.55 bits per heavy atom. The number of nitrogens with one attached hydrogen (secondary N) is 1. The molecule has 0 saturated carbocycles. The van der Waals surface area contributed by atoms with E-state index >= 15 is 0 Å². The van der Waals surface area contributed by atoms with E-state index < -0.39 is 0 Å². The molecular formula is C25H32N2OS. The summed E-state index contributed by atoms with van der Waals surface area (Å²) in [4.78, 5) is 13.8. The minimum atomic E-state index is -0.0135. The SMILES string of the molecule is CC(C)c1ccc(CCC(=O)Nc2sc3c(c2C#N)CCC(C(C)(C)C)C3)cc1. The number of fused-ring (bicyclic) bond motifs is 1. The Bertz CT molecular complexity index is 910. The third-order valence-electron chi connectivity index (χ3n) is 6.14. The van der Waals surface area contributed by atoms with Gasteiger partial charge in [0.2, 0.25) is 5.91 Å². The van der Waals surface area contributed by atoms with Gasteiger partial charge in [0.15, 0.2) is 0 Å². The lowest BCUT2D eigenvalue weighted by atomic mass is 9.72. The first-order valence-corrected chi connectivity index (χ1v) is 11.4. The number of rotatable bonds is 5. The summed E-state index contributed by atoms with van der Waals surface area (Å²) in [5, 5.41) is 13.5. The summed E-state index contributed by atoms with van der Waals surface area (Å²) < 4.78 is 0. The average Bonchev–Trinajstić information content (AvgIpc) is 3.02. The molecule has 29 heavy (non-hydrogen) atoms. The van der Waals surface area contributed by atoms with E-state index in [1.54, 1.807) is 11.3 Å². The molecule has 1 N–H and O–H groups in total. The summed E-state index contributed by atoms with van der Waals surface area (Å²) in [5.74, 6) is 1.12. The van der Waals surface area contributed by atoms with Crippen molar-refractivity contribution < 1.29 is 4.79 Å². The maximum Gasteiger partial charge on any atom is 0.225 e. The highest BCUT2D eigenvalue weighted by Crippen LogP contribution is 2.44. The van der Waals surface area contributed by atoms with E-state index in [0.717, 1.165) is 29.8 Å². The van der Waals surface area contributed by atoms with Crippen LogP contribution in [-0.4, -0.2) is 5.91 Å². The molecular weight excluding hydrogens is 376 g/mol. The maximum absolute atomic E-state index is 12.6. The first-order chi connectivity index (χ1) is 13.7. The second kappa shape index (κ2) is 8.71. The smallest absolute Gasteiger partial charge is 0.225 e. The monoisotopic (exact) mass is 408 g/mol. The van der Waals surface area contributed by atoms with Gasteiger partial charge in [0.25, 0.3) is 0 Å². The first kappa shape index (κ1) is 21.6. The fourth-order valence-electron chi connectivity index (χ4n) is 4.05. The molecule has 2 aromatic rings. The van der Waals surface area contributed by atoms with Crippen LogP contribution in [0.25, 0.3) is 0 Å². The standard InChI is InChI=1S/C25H32N2OS/c1-16(2)18-9-6-17(7-10-18)8-13-23(28)27-24-21(15-26)20-12-11-19(25(3,4)5)14-22(20)29-24/h6-7,9-10,16,19H,8,11-14H2,1-5H3,(H,27,28). The molecule has 0 saturated heterocycles.